The van der Waals surface area contributed by atoms with Crippen molar-refractivity contribution in [2.24, 2.45) is 5.92 Å². The number of anilines is 1. The maximum Gasteiger partial charge on any atom is 0.239 e. The summed E-state index contributed by atoms with van der Waals surface area (Å²) in [5.74, 6) is -0.880. The van der Waals surface area contributed by atoms with Crippen molar-refractivity contribution in [1.82, 2.24) is 5.32 Å². The minimum absolute atomic E-state index is 0.113. The van der Waals surface area contributed by atoms with E-state index in [-0.39, 0.29) is 11.8 Å². The van der Waals surface area contributed by atoms with E-state index in [4.69, 9.17) is 0 Å². The van der Waals surface area contributed by atoms with Crippen LogP contribution in [-0.4, -0.2) is 18.4 Å². The SMILES string of the molecule is Cc1ccccc1CNC(=O)[C@H]1CCN(c2ccccc2)C1=O. The predicted molar refractivity (Wildman–Crippen MR) is 89.9 cm³/mol. The van der Waals surface area contributed by atoms with Crippen LogP contribution in [0.2, 0.25) is 0 Å². The zero-order valence-electron chi connectivity index (χ0n) is 13.2. The molecule has 0 radical (unpaired) electrons. The molecule has 0 bridgehead atoms. The Labute approximate surface area is 136 Å². The molecule has 1 fully saturated rings. The van der Waals surface area contributed by atoms with E-state index >= 15 is 0 Å². The van der Waals surface area contributed by atoms with Crippen LogP contribution in [0.25, 0.3) is 0 Å². The monoisotopic (exact) mass is 308 g/mol. The van der Waals surface area contributed by atoms with E-state index in [1.165, 1.54) is 0 Å². The van der Waals surface area contributed by atoms with Gasteiger partial charge in [-0.25, -0.2) is 0 Å². The molecule has 1 N–H and O–H groups in total. The number of hydrogen-bond acceptors (Lipinski definition) is 2. The highest BCUT2D eigenvalue weighted by molar-refractivity contribution is 6.09. The summed E-state index contributed by atoms with van der Waals surface area (Å²) >= 11 is 0. The van der Waals surface area contributed by atoms with Gasteiger partial charge in [-0.15, -0.1) is 0 Å². The second-order valence-electron chi connectivity index (χ2n) is 5.81. The molecule has 3 rings (SSSR count). The number of carbonyl (C=O) groups excluding carboxylic acids is 2. The lowest BCUT2D eigenvalue weighted by Crippen LogP contribution is -2.36. The molecular weight excluding hydrogens is 288 g/mol. The highest BCUT2D eigenvalue weighted by Crippen LogP contribution is 2.25. The average molecular weight is 308 g/mol. The van der Waals surface area contributed by atoms with Gasteiger partial charge in [0.1, 0.15) is 5.92 Å². The fourth-order valence-corrected chi connectivity index (χ4v) is 2.90. The molecule has 2 aromatic rings. The topological polar surface area (TPSA) is 49.4 Å². The molecule has 0 spiro atoms. The number of para-hydroxylation sites is 1. The molecule has 0 unspecified atom stereocenters. The molecule has 0 aliphatic carbocycles. The van der Waals surface area contributed by atoms with Gasteiger partial charge in [-0.3, -0.25) is 9.59 Å². The van der Waals surface area contributed by atoms with Crippen LogP contribution in [0.3, 0.4) is 0 Å². The Morgan fingerprint density at radius 2 is 1.83 bits per heavy atom. The first kappa shape index (κ1) is 15.3. The van der Waals surface area contributed by atoms with Gasteiger partial charge in [0.25, 0.3) is 0 Å². The highest BCUT2D eigenvalue weighted by Gasteiger charge is 2.37. The van der Waals surface area contributed by atoms with Crippen LogP contribution in [0.1, 0.15) is 17.5 Å². The number of benzene rings is 2. The van der Waals surface area contributed by atoms with Crippen LogP contribution in [0.5, 0.6) is 0 Å². The molecule has 118 valence electrons. The van der Waals surface area contributed by atoms with E-state index in [1.54, 1.807) is 4.90 Å². The minimum atomic E-state index is -0.584. The molecule has 4 heteroatoms. The van der Waals surface area contributed by atoms with Gasteiger partial charge in [0.2, 0.25) is 11.8 Å². The van der Waals surface area contributed by atoms with Crippen molar-refractivity contribution in [3.8, 4) is 0 Å². The fraction of sp³-hybridized carbons (Fsp3) is 0.263. The first-order valence-electron chi connectivity index (χ1n) is 7.85. The lowest BCUT2D eigenvalue weighted by Gasteiger charge is -2.16. The molecule has 1 heterocycles. The van der Waals surface area contributed by atoms with Gasteiger partial charge < -0.3 is 10.2 Å². The van der Waals surface area contributed by atoms with Crippen LogP contribution in [0, 0.1) is 12.8 Å². The zero-order chi connectivity index (χ0) is 16.2. The maximum absolute atomic E-state index is 12.5. The van der Waals surface area contributed by atoms with Crippen LogP contribution >= 0.6 is 0 Å². The van der Waals surface area contributed by atoms with Crippen LogP contribution in [0.4, 0.5) is 5.69 Å². The number of amides is 2. The van der Waals surface area contributed by atoms with Crippen molar-refractivity contribution in [2.45, 2.75) is 19.9 Å². The summed E-state index contributed by atoms with van der Waals surface area (Å²) in [6, 6.07) is 17.4. The number of hydrogen-bond donors (Lipinski definition) is 1. The molecule has 2 aromatic carbocycles. The molecule has 4 nitrogen and oxygen atoms in total. The van der Waals surface area contributed by atoms with Crippen molar-refractivity contribution in [3.63, 3.8) is 0 Å². The number of nitrogens with one attached hydrogen (secondary N) is 1. The zero-order valence-corrected chi connectivity index (χ0v) is 13.2. The number of rotatable bonds is 4. The second-order valence-corrected chi connectivity index (χ2v) is 5.81. The Morgan fingerprint density at radius 3 is 2.57 bits per heavy atom. The highest BCUT2D eigenvalue weighted by atomic mass is 16.2. The van der Waals surface area contributed by atoms with Gasteiger partial charge >= 0.3 is 0 Å². The summed E-state index contributed by atoms with van der Waals surface area (Å²) in [7, 11) is 0. The molecule has 1 aliphatic rings. The fourth-order valence-electron chi connectivity index (χ4n) is 2.90. The lowest BCUT2D eigenvalue weighted by atomic mass is 10.1. The molecule has 2 amide bonds. The van der Waals surface area contributed by atoms with E-state index in [0.29, 0.717) is 19.5 Å². The quantitative estimate of drug-likeness (QED) is 0.883. The smallest absolute Gasteiger partial charge is 0.239 e. The summed E-state index contributed by atoms with van der Waals surface area (Å²) in [6.07, 6.45) is 0.563. The Hall–Kier alpha value is -2.62. The maximum atomic E-state index is 12.5. The average Bonchev–Trinajstić information content (AvgIpc) is 2.96. The lowest BCUT2D eigenvalue weighted by molar-refractivity contribution is -0.132. The van der Waals surface area contributed by atoms with E-state index in [0.717, 1.165) is 16.8 Å². The number of nitrogens with zero attached hydrogens (tertiary/aromatic N) is 1. The number of carbonyl (C=O) groups is 2. The predicted octanol–water partition coefficient (Wildman–Crippen LogP) is 2.66. The molecule has 0 saturated carbocycles. The van der Waals surface area contributed by atoms with Crippen LogP contribution in [-0.2, 0) is 16.1 Å². The van der Waals surface area contributed by atoms with Gasteiger partial charge in [0.15, 0.2) is 0 Å². The molecule has 1 atom stereocenters. The van der Waals surface area contributed by atoms with Crippen LogP contribution in [0.15, 0.2) is 54.6 Å². The summed E-state index contributed by atoms with van der Waals surface area (Å²) in [5.41, 5.74) is 3.06. The first-order valence-corrected chi connectivity index (χ1v) is 7.85. The Morgan fingerprint density at radius 1 is 1.13 bits per heavy atom. The van der Waals surface area contributed by atoms with E-state index < -0.39 is 5.92 Å². The summed E-state index contributed by atoms with van der Waals surface area (Å²) in [6.45, 7) is 3.06. The van der Waals surface area contributed by atoms with Crippen LogP contribution < -0.4 is 10.2 Å². The standard InChI is InChI=1S/C19H20N2O2/c1-14-7-5-6-8-15(14)13-20-18(22)17-11-12-21(19(17)23)16-9-3-2-4-10-16/h2-10,17H,11-13H2,1H3,(H,20,22)/t17-/m1/s1. The Bertz CT molecular complexity index is 712. The Balaban J connectivity index is 1.63. The van der Waals surface area contributed by atoms with Gasteiger partial charge in [-0.2, -0.15) is 0 Å². The second kappa shape index (κ2) is 6.65. The van der Waals surface area contributed by atoms with Crippen molar-refractivity contribution in [2.75, 3.05) is 11.4 Å². The van der Waals surface area contributed by atoms with Crippen molar-refractivity contribution < 1.29 is 9.59 Å². The van der Waals surface area contributed by atoms with Gasteiger partial charge in [-0.05, 0) is 36.6 Å². The summed E-state index contributed by atoms with van der Waals surface area (Å²) in [5, 5.41) is 2.90. The van der Waals surface area contributed by atoms with E-state index in [2.05, 4.69) is 5.32 Å². The van der Waals surface area contributed by atoms with E-state index in [1.807, 2.05) is 61.5 Å². The molecule has 1 saturated heterocycles. The van der Waals surface area contributed by atoms with Crippen molar-refractivity contribution in [1.29, 1.82) is 0 Å². The first-order chi connectivity index (χ1) is 11.2. The largest absolute Gasteiger partial charge is 0.351 e. The summed E-state index contributed by atoms with van der Waals surface area (Å²) < 4.78 is 0. The molecule has 23 heavy (non-hydrogen) atoms. The number of aryl methyl sites for hydroxylation is 1. The third-order valence-electron chi connectivity index (χ3n) is 4.30. The molecule has 0 aromatic heterocycles. The Kier molecular flexibility index (Phi) is 4.42. The van der Waals surface area contributed by atoms with Gasteiger partial charge in [-0.1, -0.05) is 42.5 Å². The third-order valence-corrected chi connectivity index (χ3v) is 4.30. The normalized spacial score (nSPS) is 17.3. The van der Waals surface area contributed by atoms with Crippen molar-refractivity contribution >= 4 is 17.5 Å². The van der Waals surface area contributed by atoms with Gasteiger partial charge in [0, 0.05) is 18.8 Å². The summed E-state index contributed by atoms with van der Waals surface area (Å²) in [4.78, 5) is 26.5. The molecule has 1 aliphatic heterocycles. The molecular formula is C19H20N2O2. The van der Waals surface area contributed by atoms with Crippen molar-refractivity contribution in [3.05, 3.63) is 65.7 Å². The third kappa shape index (κ3) is 3.26. The minimum Gasteiger partial charge on any atom is -0.351 e. The van der Waals surface area contributed by atoms with E-state index in [9.17, 15) is 9.59 Å². The van der Waals surface area contributed by atoms with Gasteiger partial charge in [0.05, 0.1) is 0 Å².